The molecule has 3 N–H and O–H groups in total. The third-order valence-electron chi connectivity index (χ3n) is 5.11. The number of carbonyl (C=O) groups is 2. The van der Waals surface area contributed by atoms with Crippen LogP contribution in [0.1, 0.15) is 32.1 Å². The van der Waals surface area contributed by atoms with Crippen LogP contribution in [0.3, 0.4) is 0 Å². The Labute approximate surface area is 147 Å². The lowest BCUT2D eigenvalue weighted by molar-refractivity contribution is -0.130. The maximum absolute atomic E-state index is 12.5. The molecule has 1 aliphatic carbocycles. The van der Waals surface area contributed by atoms with Crippen molar-refractivity contribution in [2.45, 2.75) is 43.7 Å². The molecule has 132 valence electrons. The Morgan fingerprint density at radius 1 is 1.32 bits per heavy atom. The molecule has 2 amide bonds. The maximum atomic E-state index is 12.5. The third-order valence-corrected chi connectivity index (χ3v) is 5.11. The monoisotopic (exact) mass is 341 g/mol. The molecule has 2 aliphatic rings. The van der Waals surface area contributed by atoms with Crippen molar-refractivity contribution in [3.8, 4) is 12.3 Å². The van der Waals surface area contributed by atoms with Gasteiger partial charge in [0.05, 0.1) is 0 Å². The van der Waals surface area contributed by atoms with Gasteiger partial charge in [0.15, 0.2) is 0 Å². The standard InChI is InChI=1S/C19H23N3O3/c1-2-17(23)22(19(18(20)24)9-11-25-12-10-19)16-8-4-7-15(13-16)21-14-5-3-6-14/h1,4,7-8,13-14,21H,3,5-6,9-12H2,(H2,20,24). The van der Waals surface area contributed by atoms with E-state index in [0.717, 1.165) is 18.5 Å². The van der Waals surface area contributed by atoms with Gasteiger partial charge in [0.1, 0.15) is 5.54 Å². The average molecular weight is 341 g/mol. The molecule has 1 aliphatic heterocycles. The summed E-state index contributed by atoms with van der Waals surface area (Å²) in [6.07, 6.45) is 9.55. The zero-order valence-electron chi connectivity index (χ0n) is 14.2. The maximum Gasteiger partial charge on any atom is 0.303 e. The molecule has 3 rings (SSSR count). The SMILES string of the molecule is C#CC(=O)N(c1cccc(NC2CCC2)c1)C1(C(N)=O)CCOCC1. The highest BCUT2D eigenvalue weighted by molar-refractivity contribution is 6.11. The van der Waals surface area contributed by atoms with Crippen molar-refractivity contribution in [2.24, 2.45) is 5.73 Å². The summed E-state index contributed by atoms with van der Waals surface area (Å²) in [5, 5.41) is 3.44. The van der Waals surface area contributed by atoms with E-state index in [1.54, 1.807) is 6.07 Å². The Morgan fingerprint density at radius 3 is 2.60 bits per heavy atom. The van der Waals surface area contributed by atoms with Gasteiger partial charge in [-0.2, -0.15) is 0 Å². The van der Waals surface area contributed by atoms with Crippen molar-refractivity contribution in [3.05, 3.63) is 24.3 Å². The minimum absolute atomic E-state index is 0.329. The van der Waals surface area contributed by atoms with Gasteiger partial charge >= 0.3 is 5.91 Å². The number of anilines is 2. The number of primary amides is 1. The van der Waals surface area contributed by atoms with E-state index in [4.69, 9.17) is 16.9 Å². The molecule has 1 aromatic carbocycles. The minimum Gasteiger partial charge on any atom is -0.382 e. The quantitative estimate of drug-likeness (QED) is 0.798. The highest BCUT2D eigenvalue weighted by Gasteiger charge is 2.47. The Balaban J connectivity index is 1.97. The number of benzene rings is 1. The smallest absolute Gasteiger partial charge is 0.303 e. The summed E-state index contributed by atoms with van der Waals surface area (Å²) in [5.74, 6) is 1.01. The first-order valence-corrected chi connectivity index (χ1v) is 8.62. The predicted molar refractivity (Wildman–Crippen MR) is 96.0 cm³/mol. The lowest BCUT2D eigenvalue weighted by Gasteiger charge is -2.43. The summed E-state index contributed by atoms with van der Waals surface area (Å²) in [5.41, 5.74) is 6.04. The van der Waals surface area contributed by atoms with E-state index >= 15 is 0 Å². The number of carbonyl (C=O) groups excluding carboxylic acids is 2. The second-order valence-electron chi connectivity index (χ2n) is 6.62. The molecule has 0 spiro atoms. The van der Waals surface area contributed by atoms with E-state index in [2.05, 4.69) is 11.2 Å². The Morgan fingerprint density at radius 2 is 2.04 bits per heavy atom. The van der Waals surface area contributed by atoms with Gasteiger partial charge < -0.3 is 15.8 Å². The van der Waals surface area contributed by atoms with Crippen LogP contribution in [0, 0.1) is 12.3 Å². The van der Waals surface area contributed by atoms with E-state index in [1.807, 2.05) is 18.2 Å². The van der Waals surface area contributed by atoms with Crippen LogP contribution in [0.2, 0.25) is 0 Å². The number of terminal acetylenes is 1. The van der Waals surface area contributed by atoms with Gasteiger partial charge in [0, 0.05) is 43.5 Å². The van der Waals surface area contributed by atoms with Crippen molar-refractivity contribution in [1.29, 1.82) is 0 Å². The molecule has 0 unspecified atom stereocenters. The zero-order chi connectivity index (χ0) is 17.9. The molecule has 1 saturated heterocycles. The fraction of sp³-hybridized carbons (Fsp3) is 0.474. The fourth-order valence-electron chi connectivity index (χ4n) is 3.44. The second-order valence-corrected chi connectivity index (χ2v) is 6.62. The second kappa shape index (κ2) is 7.16. The molecule has 6 heteroatoms. The summed E-state index contributed by atoms with van der Waals surface area (Å²) in [4.78, 5) is 26.2. The van der Waals surface area contributed by atoms with Crippen LogP contribution in [0.5, 0.6) is 0 Å². The van der Waals surface area contributed by atoms with Crippen LogP contribution in [0.4, 0.5) is 11.4 Å². The molecule has 6 nitrogen and oxygen atoms in total. The summed E-state index contributed by atoms with van der Waals surface area (Å²) in [6.45, 7) is 0.717. The zero-order valence-corrected chi connectivity index (χ0v) is 14.2. The Kier molecular flexibility index (Phi) is 4.95. The molecule has 0 bridgehead atoms. The third kappa shape index (κ3) is 3.33. The normalized spacial score (nSPS) is 19.3. The van der Waals surface area contributed by atoms with Crippen LogP contribution < -0.4 is 16.0 Å². The summed E-state index contributed by atoms with van der Waals surface area (Å²) in [6, 6.07) is 7.89. The van der Waals surface area contributed by atoms with Gasteiger partial charge in [-0.3, -0.25) is 14.5 Å². The van der Waals surface area contributed by atoms with Gasteiger partial charge in [-0.15, -0.1) is 6.42 Å². The first kappa shape index (κ1) is 17.3. The molecule has 2 fully saturated rings. The lowest BCUT2D eigenvalue weighted by atomic mass is 9.86. The molecule has 1 aromatic rings. The Hall–Kier alpha value is -2.52. The van der Waals surface area contributed by atoms with E-state index in [9.17, 15) is 9.59 Å². The number of nitrogens with zero attached hydrogens (tertiary/aromatic N) is 1. The van der Waals surface area contributed by atoms with Crippen LogP contribution in [-0.4, -0.2) is 36.6 Å². The van der Waals surface area contributed by atoms with Crippen LogP contribution in [0.15, 0.2) is 24.3 Å². The highest BCUT2D eigenvalue weighted by atomic mass is 16.5. The summed E-state index contributed by atoms with van der Waals surface area (Å²) < 4.78 is 5.36. The lowest BCUT2D eigenvalue weighted by Crippen LogP contribution is -2.62. The highest BCUT2D eigenvalue weighted by Crippen LogP contribution is 2.34. The Bertz CT molecular complexity index is 700. The van der Waals surface area contributed by atoms with Gasteiger partial charge in [-0.25, -0.2) is 0 Å². The van der Waals surface area contributed by atoms with Crippen LogP contribution in [-0.2, 0) is 14.3 Å². The van der Waals surface area contributed by atoms with Crippen LogP contribution in [0.25, 0.3) is 0 Å². The van der Waals surface area contributed by atoms with E-state index in [1.165, 1.54) is 11.3 Å². The molecule has 1 saturated carbocycles. The van der Waals surface area contributed by atoms with E-state index in [-0.39, 0.29) is 0 Å². The van der Waals surface area contributed by atoms with Crippen LogP contribution >= 0.6 is 0 Å². The number of ether oxygens (including phenoxy) is 1. The van der Waals surface area contributed by atoms with E-state index < -0.39 is 17.4 Å². The molecule has 1 heterocycles. The topological polar surface area (TPSA) is 84.7 Å². The molecular weight excluding hydrogens is 318 g/mol. The first-order valence-electron chi connectivity index (χ1n) is 8.62. The van der Waals surface area contributed by atoms with E-state index in [0.29, 0.717) is 37.8 Å². The first-order chi connectivity index (χ1) is 12.1. The van der Waals surface area contributed by atoms with Crippen molar-refractivity contribution in [2.75, 3.05) is 23.4 Å². The van der Waals surface area contributed by atoms with Crippen molar-refractivity contribution < 1.29 is 14.3 Å². The number of nitrogens with two attached hydrogens (primary N) is 1. The fourth-order valence-corrected chi connectivity index (χ4v) is 3.44. The molecule has 25 heavy (non-hydrogen) atoms. The molecule has 0 aromatic heterocycles. The number of hydrogen-bond acceptors (Lipinski definition) is 4. The molecule has 0 atom stereocenters. The molecular formula is C19H23N3O3. The van der Waals surface area contributed by atoms with Crippen molar-refractivity contribution in [1.82, 2.24) is 0 Å². The number of rotatable bonds is 5. The van der Waals surface area contributed by atoms with Crippen molar-refractivity contribution >= 4 is 23.2 Å². The van der Waals surface area contributed by atoms with Crippen molar-refractivity contribution in [3.63, 3.8) is 0 Å². The van der Waals surface area contributed by atoms with Gasteiger partial charge in [0.25, 0.3) is 0 Å². The summed E-state index contributed by atoms with van der Waals surface area (Å²) >= 11 is 0. The van der Waals surface area contributed by atoms with Gasteiger partial charge in [0.2, 0.25) is 5.91 Å². The summed E-state index contributed by atoms with van der Waals surface area (Å²) in [7, 11) is 0. The average Bonchev–Trinajstić information content (AvgIpc) is 2.59. The van der Waals surface area contributed by atoms with Gasteiger partial charge in [-0.1, -0.05) is 6.07 Å². The number of amides is 2. The minimum atomic E-state index is -1.16. The number of hydrogen-bond donors (Lipinski definition) is 2. The number of nitrogens with one attached hydrogen (secondary N) is 1. The molecule has 0 radical (unpaired) electrons. The largest absolute Gasteiger partial charge is 0.382 e. The van der Waals surface area contributed by atoms with Gasteiger partial charge in [-0.05, 0) is 43.4 Å². The predicted octanol–water partition coefficient (Wildman–Crippen LogP) is 1.65.